The number of benzene rings is 7. The van der Waals surface area contributed by atoms with Crippen LogP contribution in [0.3, 0.4) is 0 Å². The quantitative estimate of drug-likeness (QED) is 0.188. The molecule has 0 fully saturated rings. The van der Waals surface area contributed by atoms with Crippen molar-refractivity contribution in [3.63, 3.8) is 0 Å². The van der Waals surface area contributed by atoms with Gasteiger partial charge in [0.05, 0.1) is 11.4 Å². The summed E-state index contributed by atoms with van der Waals surface area (Å²) in [7, 11) is 0. The molecule has 0 spiro atoms. The van der Waals surface area contributed by atoms with Gasteiger partial charge in [-0.2, -0.15) is 0 Å². The molecule has 0 N–H and O–H groups in total. The molecule has 1 unspecified atom stereocenters. The zero-order valence-electron chi connectivity index (χ0n) is 26.5. The van der Waals surface area contributed by atoms with E-state index in [1.54, 1.807) is 11.3 Å². The lowest BCUT2D eigenvalue weighted by molar-refractivity contribution is 0.669. The number of hydrogen-bond donors (Lipinski definition) is 0. The number of hydrogen-bond acceptors (Lipinski definition) is 4. The van der Waals surface area contributed by atoms with Crippen LogP contribution >= 0.6 is 11.3 Å². The number of aryl methyl sites for hydroxylation is 1. The van der Waals surface area contributed by atoms with Crippen molar-refractivity contribution in [2.24, 2.45) is 0 Å². The van der Waals surface area contributed by atoms with Gasteiger partial charge >= 0.3 is 0 Å². The molecule has 1 aliphatic carbocycles. The summed E-state index contributed by atoms with van der Waals surface area (Å²) in [6, 6.07) is 50.3. The fourth-order valence-electron chi connectivity index (χ4n) is 8.26. The SMILES string of the molecule is c1ccc2cc3c(cc2c1)CCC(c1nc2c(nc1-c1cccc4c1oc1ccccc14)sc1ccccc12)c1ccc2ccccc2c1-3. The van der Waals surface area contributed by atoms with E-state index in [0.29, 0.717) is 0 Å². The largest absolute Gasteiger partial charge is 0.455 e. The molecule has 0 amide bonds. The minimum atomic E-state index is 0.0142. The van der Waals surface area contributed by atoms with Gasteiger partial charge in [0, 0.05) is 32.3 Å². The number of thiophene rings is 1. The summed E-state index contributed by atoms with van der Waals surface area (Å²) in [4.78, 5) is 12.2. The molecule has 0 radical (unpaired) electrons. The van der Waals surface area contributed by atoms with Crippen LogP contribution < -0.4 is 0 Å². The predicted molar refractivity (Wildman–Crippen MR) is 205 cm³/mol. The Balaban J connectivity index is 1.25. The summed E-state index contributed by atoms with van der Waals surface area (Å²) in [6.45, 7) is 0. The second kappa shape index (κ2) is 10.3. The fourth-order valence-corrected chi connectivity index (χ4v) is 9.27. The van der Waals surface area contributed by atoms with Crippen molar-refractivity contribution in [1.29, 1.82) is 0 Å². The van der Waals surface area contributed by atoms with E-state index in [1.165, 1.54) is 48.5 Å². The topological polar surface area (TPSA) is 38.9 Å². The molecular weight excluding hydrogens is 617 g/mol. The number of nitrogens with zero attached hydrogens (tertiary/aromatic N) is 2. The van der Waals surface area contributed by atoms with Crippen molar-refractivity contribution < 1.29 is 4.42 Å². The van der Waals surface area contributed by atoms with Gasteiger partial charge in [0.15, 0.2) is 0 Å². The van der Waals surface area contributed by atoms with E-state index in [1.807, 2.05) is 6.07 Å². The summed E-state index contributed by atoms with van der Waals surface area (Å²) in [5, 5.41) is 8.45. The van der Waals surface area contributed by atoms with Gasteiger partial charge in [-0.1, -0.05) is 115 Å². The molecule has 0 aliphatic heterocycles. The monoisotopic (exact) mass is 644 g/mol. The molecule has 1 aliphatic rings. The van der Waals surface area contributed by atoms with E-state index in [0.717, 1.165) is 67.5 Å². The van der Waals surface area contributed by atoms with Crippen LogP contribution in [0.25, 0.3) is 86.3 Å². The van der Waals surface area contributed by atoms with Crippen molar-refractivity contribution in [2.75, 3.05) is 0 Å². The van der Waals surface area contributed by atoms with E-state index in [4.69, 9.17) is 14.4 Å². The van der Waals surface area contributed by atoms with Crippen molar-refractivity contribution in [2.45, 2.75) is 18.8 Å². The van der Waals surface area contributed by atoms with E-state index in [-0.39, 0.29) is 5.92 Å². The lowest BCUT2D eigenvalue weighted by Crippen LogP contribution is -2.09. The van der Waals surface area contributed by atoms with Crippen LogP contribution in [0.5, 0.6) is 0 Å². The summed E-state index contributed by atoms with van der Waals surface area (Å²) >= 11 is 1.71. The number of fused-ring (bicyclic) bond motifs is 12. The highest BCUT2D eigenvalue weighted by atomic mass is 32.1. The van der Waals surface area contributed by atoms with E-state index in [9.17, 15) is 0 Å². The smallest absolute Gasteiger partial charge is 0.144 e. The second-order valence-corrected chi connectivity index (χ2v) is 14.2. The van der Waals surface area contributed by atoms with Gasteiger partial charge in [-0.3, -0.25) is 0 Å². The van der Waals surface area contributed by atoms with Crippen LogP contribution in [0.2, 0.25) is 0 Å². The molecule has 0 saturated carbocycles. The van der Waals surface area contributed by atoms with Gasteiger partial charge in [0.1, 0.15) is 21.5 Å². The Hall–Kier alpha value is -5.84. The van der Waals surface area contributed by atoms with E-state index >= 15 is 0 Å². The first-order valence-corrected chi connectivity index (χ1v) is 17.7. The Morgan fingerprint density at radius 2 is 1.33 bits per heavy atom. The molecule has 0 bridgehead atoms. The van der Waals surface area contributed by atoms with E-state index < -0.39 is 0 Å². The minimum Gasteiger partial charge on any atom is -0.455 e. The van der Waals surface area contributed by atoms with E-state index in [2.05, 4.69) is 133 Å². The zero-order valence-corrected chi connectivity index (χ0v) is 27.3. The van der Waals surface area contributed by atoms with Gasteiger partial charge < -0.3 is 4.42 Å². The van der Waals surface area contributed by atoms with Crippen LogP contribution in [0.15, 0.2) is 144 Å². The fraction of sp³-hybridized carbons (Fsp3) is 0.0667. The molecule has 230 valence electrons. The Kier molecular flexibility index (Phi) is 5.72. The Labute approximate surface area is 286 Å². The van der Waals surface area contributed by atoms with Crippen molar-refractivity contribution in [1.82, 2.24) is 9.97 Å². The molecule has 7 aromatic carbocycles. The standard InChI is InChI=1S/C45H28N2OS/c1-2-12-28-25-37-29(24-27(28)11-1)21-23-33(32-22-20-26-10-3-4-13-30(26)40(32)37)41-42(47-45-43(46-41)35-15-6-8-19-39(35)49-45)36-17-9-16-34-31-14-5-7-18-38(31)48-44(34)36/h1-20,22,24-25,33H,21,23H2. The Morgan fingerprint density at radius 1 is 0.592 bits per heavy atom. The van der Waals surface area contributed by atoms with Gasteiger partial charge in [-0.15, -0.1) is 11.3 Å². The third-order valence-electron chi connectivity index (χ3n) is 10.5. The summed E-state index contributed by atoms with van der Waals surface area (Å²) in [6.07, 6.45) is 1.86. The van der Waals surface area contributed by atoms with Crippen LogP contribution in [-0.4, -0.2) is 9.97 Å². The van der Waals surface area contributed by atoms with Crippen LogP contribution in [-0.2, 0) is 6.42 Å². The third-order valence-corrected chi connectivity index (χ3v) is 11.6. The first-order valence-electron chi connectivity index (χ1n) is 16.9. The molecule has 3 aromatic heterocycles. The van der Waals surface area contributed by atoms with Crippen molar-refractivity contribution in [3.05, 3.63) is 156 Å². The average molecular weight is 645 g/mol. The highest BCUT2D eigenvalue weighted by Gasteiger charge is 2.31. The van der Waals surface area contributed by atoms with Gasteiger partial charge in [-0.25, -0.2) is 9.97 Å². The van der Waals surface area contributed by atoms with Gasteiger partial charge in [-0.05, 0) is 80.9 Å². The van der Waals surface area contributed by atoms with Gasteiger partial charge in [0.2, 0.25) is 0 Å². The zero-order chi connectivity index (χ0) is 32.1. The number of furan rings is 1. The maximum atomic E-state index is 6.63. The van der Waals surface area contributed by atoms with Crippen LogP contribution in [0.4, 0.5) is 0 Å². The third kappa shape index (κ3) is 4.01. The highest BCUT2D eigenvalue weighted by molar-refractivity contribution is 7.25. The molecule has 3 nitrogen and oxygen atoms in total. The van der Waals surface area contributed by atoms with Crippen molar-refractivity contribution in [3.8, 4) is 22.4 Å². The lowest BCUT2D eigenvalue weighted by atomic mass is 9.84. The molecule has 49 heavy (non-hydrogen) atoms. The average Bonchev–Trinajstić information content (AvgIpc) is 3.67. The molecule has 10 aromatic rings. The van der Waals surface area contributed by atoms with Crippen LogP contribution in [0.1, 0.15) is 29.2 Å². The first kappa shape index (κ1) is 27.1. The summed E-state index contributed by atoms with van der Waals surface area (Å²) < 4.78 is 7.84. The predicted octanol–water partition coefficient (Wildman–Crippen LogP) is 12.5. The summed E-state index contributed by atoms with van der Waals surface area (Å²) in [5.74, 6) is 0.0142. The lowest BCUT2D eigenvalue weighted by Gasteiger charge is -2.22. The Bertz CT molecular complexity index is 2970. The van der Waals surface area contributed by atoms with Crippen LogP contribution in [0, 0.1) is 0 Å². The number of para-hydroxylation sites is 2. The van der Waals surface area contributed by atoms with Gasteiger partial charge in [0.25, 0.3) is 0 Å². The number of rotatable bonds is 2. The molecule has 0 saturated heterocycles. The maximum absolute atomic E-state index is 6.63. The summed E-state index contributed by atoms with van der Waals surface area (Å²) in [5.41, 5.74) is 11.0. The minimum absolute atomic E-state index is 0.0142. The first-order chi connectivity index (χ1) is 24.3. The van der Waals surface area contributed by atoms with Crippen molar-refractivity contribution >= 4 is 75.3 Å². The highest BCUT2D eigenvalue weighted by Crippen LogP contribution is 2.48. The molecule has 11 rings (SSSR count). The molecule has 4 heteroatoms. The molecule has 3 heterocycles. The second-order valence-electron chi connectivity index (χ2n) is 13.2. The normalized spacial score (nSPS) is 14.6. The Morgan fingerprint density at radius 3 is 2.22 bits per heavy atom. The number of aromatic nitrogens is 2. The molecular formula is C45H28N2OS. The maximum Gasteiger partial charge on any atom is 0.144 e. The molecule has 1 atom stereocenters.